The molecular weight excluding hydrogens is 236 g/mol. The van der Waals surface area contributed by atoms with Gasteiger partial charge in [-0.3, -0.25) is 0 Å². The highest BCUT2D eigenvalue weighted by atomic mass is 35.5. The van der Waals surface area contributed by atoms with E-state index in [0.29, 0.717) is 5.92 Å². The lowest BCUT2D eigenvalue weighted by atomic mass is 9.98. The predicted octanol–water partition coefficient (Wildman–Crippen LogP) is 5.62. The van der Waals surface area contributed by atoms with Crippen LogP contribution in [0.15, 0.2) is 29.6 Å². The van der Waals surface area contributed by atoms with E-state index in [0.717, 1.165) is 6.42 Å². The van der Waals surface area contributed by atoms with Crippen LogP contribution in [0.5, 0.6) is 0 Å². The first-order chi connectivity index (χ1) is 7.72. The highest BCUT2D eigenvalue weighted by molar-refractivity contribution is 7.17. The van der Waals surface area contributed by atoms with E-state index in [1.807, 2.05) is 0 Å². The van der Waals surface area contributed by atoms with Gasteiger partial charge >= 0.3 is 0 Å². The van der Waals surface area contributed by atoms with Crippen molar-refractivity contribution in [3.63, 3.8) is 0 Å². The van der Waals surface area contributed by atoms with Gasteiger partial charge < -0.3 is 0 Å². The van der Waals surface area contributed by atoms with E-state index in [2.05, 4.69) is 43.5 Å². The first-order valence-electron chi connectivity index (χ1n) is 5.82. The van der Waals surface area contributed by atoms with Crippen LogP contribution in [0, 0.1) is 5.92 Å². The summed E-state index contributed by atoms with van der Waals surface area (Å²) in [4.78, 5) is 0. The minimum atomic E-state index is 0.158. The zero-order chi connectivity index (χ0) is 11.5. The molecule has 0 amide bonds. The Morgan fingerprint density at radius 3 is 2.81 bits per heavy atom. The molecule has 1 aromatic carbocycles. The molecule has 0 aliphatic carbocycles. The molecule has 0 bridgehead atoms. The number of rotatable bonds is 4. The number of alkyl halides is 1. The van der Waals surface area contributed by atoms with Crippen LogP contribution >= 0.6 is 22.9 Å². The van der Waals surface area contributed by atoms with Gasteiger partial charge in [0.05, 0.1) is 5.38 Å². The molecule has 0 aliphatic rings. The number of hydrogen-bond acceptors (Lipinski definition) is 1. The molecule has 0 spiro atoms. The molecule has 2 unspecified atom stereocenters. The normalized spacial score (nSPS) is 15.2. The van der Waals surface area contributed by atoms with Crippen molar-refractivity contribution in [2.24, 2.45) is 5.92 Å². The SMILES string of the molecule is CCC(C)CC(Cl)c1csc2ccccc12. The fourth-order valence-electron chi connectivity index (χ4n) is 1.89. The van der Waals surface area contributed by atoms with E-state index in [1.165, 1.54) is 22.1 Å². The third-order valence-electron chi connectivity index (χ3n) is 3.15. The third-order valence-corrected chi connectivity index (χ3v) is 4.55. The molecule has 0 radical (unpaired) electrons. The molecule has 2 aromatic rings. The van der Waals surface area contributed by atoms with Gasteiger partial charge in [0.2, 0.25) is 0 Å². The van der Waals surface area contributed by atoms with Gasteiger partial charge in [-0.15, -0.1) is 22.9 Å². The Labute approximate surface area is 106 Å². The summed E-state index contributed by atoms with van der Waals surface area (Å²) in [5.41, 5.74) is 1.31. The second-order valence-corrected chi connectivity index (χ2v) is 5.84. The Bertz CT molecular complexity index is 460. The molecule has 2 atom stereocenters. The molecule has 0 saturated carbocycles. The molecule has 2 rings (SSSR count). The Morgan fingerprint density at radius 2 is 2.06 bits per heavy atom. The Kier molecular flexibility index (Phi) is 3.88. The summed E-state index contributed by atoms with van der Waals surface area (Å²) in [5.74, 6) is 0.696. The van der Waals surface area contributed by atoms with Crippen LogP contribution in [-0.2, 0) is 0 Å². The first kappa shape index (κ1) is 11.9. The topological polar surface area (TPSA) is 0 Å². The van der Waals surface area contributed by atoms with Crippen LogP contribution in [0.25, 0.3) is 10.1 Å². The monoisotopic (exact) mass is 252 g/mol. The van der Waals surface area contributed by atoms with Crippen LogP contribution in [0.4, 0.5) is 0 Å². The summed E-state index contributed by atoms with van der Waals surface area (Å²) < 4.78 is 1.34. The molecule has 1 aromatic heterocycles. The van der Waals surface area contributed by atoms with E-state index < -0.39 is 0 Å². The lowest BCUT2D eigenvalue weighted by molar-refractivity contribution is 0.509. The van der Waals surface area contributed by atoms with E-state index in [4.69, 9.17) is 11.6 Å². The van der Waals surface area contributed by atoms with Crippen LogP contribution in [-0.4, -0.2) is 0 Å². The quantitative estimate of drug-likeness (QED) is 0.620. The molecule has 0 fully saturated rings. The fourth-order valence-corrected chi connectivity index (χ4v) is 3.46. The molecule has 0 N–H and O–H groups in total. The number of thiophene rings is 1. The van der Waals surface area contributed by atoms with Gasteiger partial charge in [0.1, 0.15) is 0 Å². The molecule has 2 heteroatoms. The Hall–Kier alpha value is -0.530. The number of fused-ring (bicyclic) bond motifs is 1. The van der Waals surface area contributed by atoms with Crippen LogP contribution in [0.2, 0.25) is 0 Å². The number of hydrogen-bond donors (Lipinski definition) is 0. The predicted molar refractivity (Wildman–Crippen MR) is 74.5 cm³/mol. The zero-order valence-corrected chi connectivity index (χ0v) is 11.3. The van der Waals surface area contributed by atoms with Crippen molar-refractivity contribution in [1.82, 2.24) is 0 Å². The van der Waals surface area contributed by atoms with Crippen LogP contribution < -0.4 is 0 Å². The smallest absolute Gasteiger partial charge is 0.0602 e. The van der Waals surface area contributed by atoms with E-state index in [-0.39, 0.29) is 5.38 Å². The van der Waals surface area contributed by atoms with Crippen LogP contribution in [0.1, 0.15) is 37.6 Å². The highest BCUT2D eigenvalue weighted by Crippen LogP contribution is 2.37. The van der Waals surface area contributed by atoms with Crippen molar-refractivity contribution >= 4 is 33.0 Å². The summed E-state index contributed by atoms with van der Waals surface area (Å²) in [6, 6.07) is 8.51. The maximum atomic E-state index is 6.51. The maximum Gasteiger partial charge on any atom is 0.0602 e. The fraction of sp³-hybridized carbons (Fsp3) is 0.429. The standard InChI is InChI=1S/C14H17ClS/c1-3-10(2)8-13(15)12-9-16-14-7-5-4-6-11(12)14/h4-7,9-10,13H,3,8H2,1-2H3. The Balaban J connectivity index is 2.26. The lowest BCUT2D eigenvalue weighted by Gasteiger charge is -2.13. The molecule has 86 valence electrons. The highest BCUT2D eigenvalue weighted by Gasteiger charge is 2.15. The summed E-state index contributed by atoms with van der Waals surface area (Å²) in [6.07, 6.45) is 2.27. The summed E-state index contributed by atoms with van der Waals surface area (Å²) >= 11 is 8.30. The van der Waals surface area contributed by atoms with Gasteiger partial charge in [-0.2, -0.15) is 0 Å². The van der Waals surface area contributed by atoms with Gasteiger partial charge in [0.15, 0.2) is 0 Å². The van der Waals surface area contributed by atoms with Gasteiger partial charge in [0, 0.05) is 4.70 Å². The van der Waals surface area contributed by atoms with Gasteiger partial charge in [-0.1, -0.05) is 38.5 Å². The summed E-state index contributed by atoms with van der Waals surface area (Å²) in [7, 11) is 0. The second kappa shape index (κ2) is 5.20. The van der Waals surface area contributed by atoms with Crippen molar-refractivity contribution in [3.05, 3.63) is 35.2 Å². The minimum absolute atomic E-state index is 0.158. The summed E-state index contributed by atoms with van der Waals surface area (Å²) in [5, 5.41) is 3.70. The van der Waals surface area contributed by atoms with E-state index >= 15 is 0 Å². The van der Waals surface area contributed by atoms with Crippen molar-refractivity contribution < 1.29 is 0 Å². The van der Waals surface area contributed by atoms with Gasteiger partial charge in [0.25, 0.3) is 0 Å². The van der Waals surface area contributed by atoms with Crippen molar-refractivity contribution in [2.75, 3.05) is 0 Å². The van der Waals surface area contributed by atoms with Crippen molar-refractivity contribution in [2.45, 2.75) is 32.1 Å². The minimum Gasteiger partial charge on any atom is -0.143 e. The largest absolute Gasteiger partial charge is 0.143 e. The van der Waals surface area contributed by atoms with Crippen molar-refractivity contribution in [1.29, 1.82) is 0 Å². The van der Waals surface area contributed by atoms with Gasteiger partial charge in [-0.25, -0.2) is 0 Å². The Morgan fingerprint density at radius 1 is 1.31 bits per heavy atom. The molecule has 0 nitrogen and oxygen atoms in total. The third kappa shape index (κ3) is 2.41. The lowest BCUT2D eigenvalue weighted by Crippen LogP contribution is -1.98. The molecule has 1 heterocycles. The zero-order valence-electron chi connectivity index (χ0n) is 9.74. The first-order valence-corrected chi connectivity index (χ1v) is 7.14. The van der Waals surface area contributed by atoms with E-state index in [9.17, 15) is 0 Å². The summed E-state index contributed by atoms with van der Waals surface area (Å²) in [6.45, 7) is 4.49. The average Bonchev–Trinajstić information content (AvgIpc) is 2.72. The van der Waals surface area contributed by atoms with E-state index in [1.54, 1.807) is 11.3 Å². The van der Waals surface area contributed by atoms with Gasteiger partial charge in [-0.05, 0) is 34.7 Å². The second-order valence-electron chi connectivity index (χ2n) is 4.40. The molecule has 0 saturated heterocycles. The number of benzene rings is 1. The average molecular weight is 253 g/mol. The van der Waals surface area contributed by atoms with Crippen LogP contribution in [0.3, 0.4) is 0 Å². The molecule has 0 aliphatic heterocycles. The maximum absolute atomic E-state index is 6.51. The van der Waals surface area contributed by atoms with Crippen molar-refractivity contribution in [3.8, 4) is 0 Å². The molecule has 16 heavy (non-hydrogen) atoms. The molecular formula is C14H17ClS. The number of halogens is 1.